The van der Waals surface area contributed by atoms with E-state index in [1.54, 1.807) is 6.20 Å². The zero-order chi connectivity index (χ0) is 9.42. The van der Waals surface area contributed by atoms with Crippen molar-refractivity contribution in [1.82, 2.24) is 15.2 Å². The normalized spacial score (nSPS) is 10.7. The molecule has 0 aliphatic rings. The quantitative estimate of drug-likeness (QED) is 0.729. The lowest BCUT2D eigenvalue weighted by Gasteiger charge is -2.00. The Bertz CT molecular complexity index is 472. The van der Waals surface area contributed by atoms with E-state index in [0.29, 0.717) is 5.15 Å². The third-order valence-corrected chi connectivity index (χ3v) is 2.42. The van der Waals surface area contributed by atoms with Crippen LogP contribution in [-0.4, -0.2) is 15.2 Å². The first kappa shape index (κ1) is 8.84. The van der Waals surface area contributed by atoms with Gasteiger partial charge in [0.15, 0.2) is 5.15 Å². The first-order chi connectivity index (χ1) is 6.18. The molecule has 2 aromatic rings. The molecular weight excluding hydrogens is 253 g/mol. The summed E-state index contributed by atoms with van der Waals surface area (Å²) in [4.78, 5) is 4.21. The third-order valence-electron chi connectivity index (χ3n) is 1.71. The number of aryl methyl sites for hydroxylation is 1. The Labute approximate surface area is 88.3 Å². The molecule has 2 aromatic heterocycles. The Morgan fingerprint density at radius 2 is 2.15 bits per heavy atom. The minimum absolute atomic E-state index is 0.384. The molecule has 0 saturated heterocycles. The summed E-state index contributed by atoms with van der Waals surface area (Å²) in [5, 5.41) is 8.89. The predicted molar refractivity (Wildman–Crippen MR) is 54.8 cm³/mol. The van der Waals surface area contributed by atoms with Crippen LogP contribution in [-0.2, 0) is 0 Å². The number of aromatic nitrogens is 3. The average Bonchev–Trinajstić information content (AvgIpc) is 2.12. The molecule has 66 valence electrons. The summed E-state index contributed by atoms with van der Waals surface area (Å²) in [6.45, 7) is 1.85. The number of nitrogens with zero attached hydrogens (tertiary/aromatic N) is 3. The van der Waals surface area contributed by atoms with E-state index in [1.165, 1.54) is 0 Å². The molecule has 0 aliphatic carbocycles. The molecule has 0 aromatic carbocycles. The van der Waals surface area contributed by atoms with E-state index in [2.05, 4.69) is 31.1 Å². The van der Waals surface area contributed by atoms with Gasteiger partial charge >= 0.3 is 0 Å². The number of halogens is 2. The van der Waals surface area contributed by atoms with Crippen LogP contribution < -0.4 is 0 Å². The zero-order valence-corrected chi connectivity index (χ0v) is 9.09. The summed E-state index contributed by atoms with van der Waals surface area (Å²) in [7, 11) is 0. The van der Waals surface area contributed by atoms with Gasteiger partial charge in [-0.05, 0) is 28.9 Å². The van der Waals surface area contributed by atoms with Crippen molar-refractivity contribution in [2.45, 2.75) is 6.92 Å². The Morgan fingerprint density at radius 3 is 2.92 bits per heavy atom. The van der Waals surface area contributed by atoms with Gasteiger partial charge in [0.05, 0.1) is 11.2 Å². The molecular formula is C8H5BrClN3. The Kier molecular flexibility index (Phi) is 2.17. The van der Waals surface area contributed by atoms with Gasteiger partial charge in [0.25, 0.3) is 0 Å². The van der Waals surface area contributed by atoms with Crippen molar-refractivity contribution in [2.75, 3.05) is 0 Å². The number of hydrogen-bond acceptors (Lipinski definition) is 3. The standard InChI is InChI=1S/C8H5BrClN3/c1-4-7-6(8(10)13-12-4)2-5(9)3-11-7/h2-3H,1H3. The van der Waals surface area contributed by atoms with Crippen LogP contribution in [0.1, 0.15) is 5.69 Å². The average molecular weight is 259 g/mol. The fourth-order valence-corrected chi connectivity index (χ4v) is 1.62. The lowest BCUT2D eigenvalue weighted by molar-refractivity contribution is 0.995. The van der Waals surface area contributed by atoms with Gasteiger partial charge in [-0.15, -0.1) is 5.10 Å². The van der Waals surface area contributed by atoms with Crippen LogP contribution in [0.2, 0.25) is 5.15 Å². The number of fused-ring (bicyclic) bond motifs is 1. The van der Waals surface area contributed by atoms with Crippen molar-refractivity contribution in [2.24, 2.45) is 0 Å². The summed E-state index contributed by atoms with van der Waals surface area (Å²) in [5.41, 5.74) is 1.58. The van der Waals surface area contributed by atoms with Crippen molar-refractivity contribution in [3.8, 4) is 0 Å². The van der Waals surface area contributed by atoms with Crippen molar-refractivity contribution < 1.29 is 0 Å². The smallest absolute Gasteiger partial charge is 0.161 e. The summed E-state index contributed by atoms with van der Waals surface area (Å²) in [6.07, 6.45) is 1.72. The minimum Gasteiger partial charge on any atom is -0.253 e. The van der Waals surface area contributed by atoms with Crippen LogP contribution >= 0.6 is 27.5 Å². The van der Waals surface area contributed by atoms with E-state index in [0.717, 1.165) is 21.1 Å². The second kappa shape index (κ2) is 3.20. The first-order valence-electron chi connectivity index (χ1n) is 3.62. The molecule has 0 radical (unpaired) electrons. The van der Waals surface area contributed by atoms with E-state index in [4.69, 9.17) is 11.6 Å². The van der Waals surface area contributed by atoms with Crippen LogP contribution in [0.4, 0.5) is 0 Å². The highest BCUT2D eigenvalue weighted by Gasteiger charge is 2.05. The molecule has 3 nitrogen and oxygen atoms in total. The molecule has 13 heavy (non-hydrogen) atoms. The molecule has 0 N–H and O–H groups in total. The van der Waals surface area contributed by atoms with E-state index in [-0.39, 0.29) is 0 Å². The van der Waals surface area contributed by atoms with Gasteiger partial charge in [-0.3, -0.25) is 4.98 Å². The van der Waals surface area contributed by atoms with Crippen molar-refractivity contribution in [3.05, 3.63) is 27.6 Å². The largest absolute Gasteiger partial charge is 0.253 e. The van der Waals surface area contributed by atoms with Crippen molar-refractivity contribution >= 4 is 38.4 Å². The maximum atomic E-state index is 5.87. The van der Waals surface area contributed by atoms with Gasteiger partial charge in [-0.25, -0.2) is 0 Å². The molecule has 2 rings (SSSR count). The molecule has 0 aliphatic heterocycles. The SMILES string of the molecule is Cc1nnc(Cl)c2cc(Br)cnc12. The number of rotatable bonds is 0. The molecule has 0 bridgehead atoms. The zero-order valence-electron chi connectivity index (χ0n) is 6.75. The van der Waals surface area contributed by atoms with E-state index in [1.807, 2.05) is 13.0 Å². The van der Waals surface area contributed by atoms with Gasteiger partial charge in [0.2, 0.25) is 0 Å². The second-order valence-electron chi connectivity index (χ2n) is 2.63. The Hall–Kier alpha value is -0.740. The number of hydrogen-bond donors (Lipinski definition) is 0. The van der Waals surface area contributed by atoms with Crippen molar-refractivity contribution in [1.29, 1.82) is 0 Å². The first-order valence-corrected chi connectivity index (χ1v) is 4.79. The van der Waals surface area contributed by atoms with E-state index >= 15 is 0 Å². The number of pyridine rings is 1. The Balaban J connectivity index is 2.92. The van der Waals surface area contributed by atoms with Gasteiger partial charge in [-0.2, -0.15) is 5.10 Å². The second-order valence-corrected chi connectivity index (χ2v) is 3.90. The van der Waals surface area contributed by atoms with Crippen LogP contribution in [0.15, 0.2) is 16.7 Å². The summed E-state index contributed by atoms with van der Waals surface area (Å²) >= 11 is 9.19. The van der Waals surface area contributed by atoms with Crippen LogP contribution in [0.5, 0.6) is 0 Å². The van der Waals surface area contributed by atoms with Crippen LogP contribution in [0, 0.1) is 6.92 Å². The minimum atomic E-state index is 0.384. The topological polar surface area (TPSA) is 38.7 Å². The van der Waals surface area contributed by atoms with Gasteiger partial charge < -0.3 is 0 Å². The third kappa shape index (κ3) is 1.51. The molecule has 0 amide bonds. The van der Waals surface area contributed by atoms with E-state index in [9.17, 15) is 0 Å². The fraction of sp³-hybridized carbons (Fsp3) is 0.125. The molecule has 2 heterocycles. The molecule has 5 heteroatoms. The molecule has 0 atom stereocenters. The summed E-state index contributed by atoms with van der Waals surface area (Å²) < 4.78 is 0.884. The Morgan fingerprint density at radius 1 is 1.38 bits per heavy atom. The monoisotopic (exact) mass is 257 g/mol. The fourth-order valence-electron chi connectivity index (χ4n) is 1.10. The molecule has 0 saturated carbocycles. The maximum Gasteiger partial charge on any atom is 0.161 e. The molecule has 0 unspecified atom stereocenters. The van der Waals surface area contributed by atoms with Crippen LogP contribution in [0.25, 0.3) is 10.9 Å². The highest BCUT2D eigenvalue weighted by molar-refractivity contribution is 9.10. The molecule has 0 fully saturated rings. The van der Waals surface area contributed by atoms with Gasteiger partial charge in [-0.1, -0.05) is 11.6 Å². The summed E-state index contributed by atoms with van der Waals surface area (Å²) in [6, 6.07) is 1.88. The van der Waals surface area contributed by atoms with Gasteiger partial charge in [0, 0.05) is 16.1 Å². The van der Waals surface area contributed by atoms with Gasteiger partial charge in [0.1, 0.15) is 0 Å². The van der Waals surface area contributed by atoms with E-state index < -0.39 is 0 Å². The lowest BCUT2D eigenvalue weighted by atomic mass is 10.2. The lowest BCUT2D eigenvalue weighted by Crippen LogP contribution is -1.92. The summed E-state index contributed by atoms with van der Waals surface area (Å²) in [5.74, 6) is 0. The predicted octanol–water partition coefficient (Wildman–Crippen LogP) is 2.75. The highest BCUT2D eigenvalue weighted by atomic mass is 79.9. The maximum absolute atomic E-state index is 5.87. The molecule has 0 spiro atoms. The highest BCUT2D eigenvalue weighted by Crippen LogP contribution is 2.23. The van der Waals surface area contributed by atoms with Crippen molar-refractivity contribution in [3.63, 3.8) is 0 Å². The van der Waals surface area contributed by atoms with Crippen LogP contribution in [0.3, 0.4) is 0 Å².